The van der Waals surface area contributed by atoms with Crippen LogP contribution in [0.1, 0.15) is 6.92 Å². The number of rotatable bonds is 2. The van der Waals surface area contributed by atoms with E-state index in [0.717, 1.165) is 0 Å². The van der Waals surface area contributed by atoms with Crippen LogP contribution in [0.25, 0.3) is 0 Å². The van der Waals surface area contributed by atoms with Gasteiger partial charge in [-0.3, -0.25) is 0 Å². The Balaban J connectivity index is 2.19. The van der Waals surface area contributed by atoms with Crippen LogP contribution >= 0.6 is 0 Å². The highest BCUT2D eigenvalue weighted by molar-refractivity contribution is 6.89. The molecule has 0 amide bonds. The molecule has 0 heterocycles. The SMILES string of the molecule is C[CH]C[SiH2][SiH3]. The van der Waals surface area contributed by atoms with Crippen LogP contribution in [0.15, 0.2) is 0 Å². The van der Waals surface area contributed by atoms with E-state index in [2.05, 4.69) is 13.3 Å². The van der Waals surface area contributed by atoms with Crippen LogP contribution in [0.4, 0.5) is 0 Å². The van der Waals surface area contributed by atoms with E-state index in [9.17, 15) is 0 Å². The fraction of sp³-hybridized carbons (Fsp3) is 0.667. The molecular formula is C3H11Si2. The molecule has 0 aromatic rings. The van der Waals surface area contributed by atoms with E-state index in [1.807, 2.05) is 0 Å². The molecule has 1 radical (unpaired) electrons. The van der Waals surface area contributed by atoms with Crippen LogP contribution in [0.2, 0.25) is 6.04 Å². The van der Waals surface area contributed by atoms with Gasteiger partial charge in [0.2, 0.25) is 0 Å². The molecule has 0 aromatic carbocycles. The molecule has 0 bridgehead atoms. The first kappa shape index (κ1) is 5.43. The van der Waals surface area contributed by atoms with Crippen molar-refractivity contribution < 1.29 is 0 Å². The van der Waals surface area contributed by atoms with Crippen molar-refractivity contribution in [1.82, 2.24) is 0 Å². The molecule has 0 aromatic heterocycles. The van der Waals surface area contributed by atoms with Gasteiger partial charge in [0, 0.05) is 9.04 Å². The Morgan fingerprint density at radius 3 is 2.60 bits per heavy atom. The van der Waals surface area contributed by atoms with E-state index in [4.69, 9.17) is 0 Å². The summed E-state index contributed by atoms with van der Waals surface area (Å²) in [5.74, 6) is 0. The number of hydrogen-bond donors (Lipinski definition) is 0. The van der Waals surface area contributed by atoms with Crippen LogP contribution in [0, 0.1) is 6.42 Å². The predicted octanol–water partition coefficient (Wildman–Crippen LogP) is -0.922. The van der Waals surface area contributed by atoms with E-state index in [1.165, 1.54) is 15.8 Å². The molecule has 5 heavy (non-hydrogen) atoms. The van der Waals surface area contributed by atoms with E-state index < -0.39 is 0 Å². The van der Waals surface area contributed by atoms with Gasteiger partial charge in [-0.1, -0.05) is 13.0 Å². The zero-order chi connectivity index (χ0) is 4.12. The average Bonchev–Trinajstić information content (AvgIpc) is 1.41. The summed E-state index contributed by atoms with van der Waals surface area (Å²) >= 11 is 0. The lowest BCUT2D eigenvalue weighted by atomic mass is 10.6. The molecule has 0 spiro atoms. The molecule has 0 fully saturated rings. The molecule has 0 atom stereocenters. The first-order valence-corrected chi connectivity index (χ1v) is 8.85. The van der Waals surface area contributed by atoms with Crippen molar-refractivity contribution in [2.75, 3.05) is 0 Å². The second-order valence-electron chi connectivity index (χ2n) is 1.20. The Labute approximate surface area is 39.0 Å². The zero-order valence-electron chi connectivity index (χ0n) is 3.99. The van der Waals surface area contributed by atoms with Gasteiger partial charge < -0.3 is 0 Å². The van der Waals surface area contributed by atoms with Crippen LogP contribution < -0.4 is 0 Å². The molecule has 2 heteroatoms. The summed E-state index contributed by atoms with van der Waals surface area (Å²) in [7, 11) is 2.00. The molecule has 31 valence electrons. The maximum atomic E-state index is 2.28. The Kier molecular flexibility index (Phi) is 4.82. The molecule has 0 aliphatic carbocycles. The van der Waals surface area contributed by atoms with E-state index in [0.29, 0.717) is 9.04 Å². The first-order chi connectivity index (χ1) is 2.41. The second-order valence-corrected chi connectivity index (χ2v) is 5.77. The minimum absolute atomic E-state index is 0.497. The highest BCUT2D eigenvalue weighted by Gasteiger charge is 1.70. The lowest BCUT2D eigenvalue weighted by molar-refractivity contribution is 1.40. The zero-order valence-corrected chi connectivity index (χ0v) is 7.41. The standard InChI is InChI=1S/C3H11Si2/c1-2-3-5-4/h2H,3,5H2,1,4H3. The van der Waals surface area contributed by atoms with Gasteiger partial charge in [-0.05, 0) is 16.2 Å². The van der Waals surface area contributed by atoms with Crippen molar-refractivity contribution >= 4 is 18.8 Å². The van der Waals surface area contributed by atoms with Gasteiger partial charge in [0.1, 0.15) is 0 Å². The minimum Gasteiger partial charge on any atom is -0.0627 e. The molecule has 0 rings (SSSR count). The van der Waals surface area contributed by atoms with Crippen molar-refractivity contribution in [2.45, 2.75) is 13.0 Å². The fourth-order valence-electron chi connectivity index (χ4n) is 0.289. The van der Waals surface area contributed by atoms with Gasteiger partial charge in [-0.2, -0.15) is 0 Å². The maximum Gasteiger partial charge on any atom is 0.00447 e. The van der Waals surface area contributed by atoms with Gasteiger partial charge in [-0.15, -0.1) is 0 Å². The maximum absolute atomic E-state index is 2.28. The highest BCUT2D eigenvalue weighted by Crippen LogP contribution is 1.76. The van der Waals surface area contributed by atoms with Crippen LogP contribution in [0.3, 0.4) is 0 Å². The largest absolute Gasteiger partial charge is 0.0627 e. The Morgan fingerprint density at radius 1 is 2.00 bits per heavy atom. The smallest absolute Gasteiger partial charge is 0.00447 e. The van der Waals surface area contributed by atoms with Gasteiger partial charge >= 0.3 is 0 Å². The molecular weight excluding hydrogens is 92.2 g/mol. The second kappa shape index (κ2) is 4.43. The van der Waals surface area contributed by atoms with Crippen LogP contribution in [-0.4, -0.2) is 18.8 Å². The van der Waals surface area contributed by atoms with Crippen molar-refractivity contribution in [3.8, 4) is 0 Å². The number of hydrogen-bond acceptors (Lipinski definition) is 0. The fourth-order valence-corrected chi connectivity index (χ4v) is 2.60. The van der Waals surface area contributed by atoms with E-state index in [1.54, 1.807) is 0 Å². The van der Waals surface area contributed by atoms with Crippen molar-refractivity contribution in [3.63, 3.8) is 0 Å². The lowest BCUT2D eigenvalue weighted by Gasteiger charge is -1.77. The average molecular weight is 103 g/mol. The minimum atomic E-state index is 0.497. The predicted molar refractivity (Wildman–Crippen MR) is 33.3 cm³/mol. The third kappa shape index (κ3) is 4.43. The summed E-state index contributed by atoms with van der Waals surface area (Å²) < 4.78 is 0. The highest BCUT2D eigenvalue weighted by atomic mass is 29.1. The Hall–Kier alpha value is 0.434. The van der Waals surface area contributed by atoms with Gasteiger partial charge in [0.25, 0.3) is 0 Å². The molecule has 0 saturated heterocycles. The molecule has 0 aliphatic heterocycles. The topological polar surface area (TPSA) is 0 Å². The van der Waals surface area contributed by atoms with E-state index in [-0.39, 0.29) is 0 Å². The monoisotopic (exact) mass is 103 g/mol. The summed E-state index contributed by atoms with van der Waals surface area (Å²) in [6.45, 7) is 2.14. The summed E-state index contributed by atoms with van der Waals surface area (Å²) in [6.07, 6.45) is 2.28. The molecule has 0 N–H and O–H groups in total. The molecule has 0 saturated carbocycles. The van der Waals surface area contributed by atoms with Crippen molar-refractivity contribution in [3.05, 3.63) is 6.42 Å². The third-order valence-electron chi connectivity index (χ3n) is 0.577. The normalized spacial score (nSPS) is 11.4. The van der Waals surface area contributed by atoms with E-state index >= 15 is 0 Å². The Morgan fingerprint density at radius 2 is 2.60 bits per heavy atom. The molecule has 0 unspecified atom stereocenters. The Bertz CT molecular complexity index is 12.4. The van der Waals surface area contributed by atoms with Gasteiger partial charge in [0.15, 0.2) is 0 Å². The summed E-state index contributed by atoms with van der Waals surface area (Å²) in [5, 5.41) is 0. The summed E-state index contributed by atoms with van der Waals surface area (Å²) in [4.78, 5) is 0. The van der Waals surface area contributed by atoms with Crippen molar-refractivity contribution in [1.29, 1.82) is 0 Å². The van der Waals surface area contributed by atoms with Crippen molar-refractivity contribution in [2.24, 2.45) is 0 Å². The van der Waals surface area contributed by atoms with Crippen LogP contribution in [0.5, 0.6) is 0 Å². The van der Waals surface area contributed by atoms with Gasteiger partial charge in [-0.25, -0.2) is 0 Å². The molecule has 0 nitrogen and oxygen atoms in total. The van der Waals surface area contributed by atoms with Gasteiger partial charge in [0.05, 0.1) is 0 Å². The van der Waals surface area contributed by atoms with Crippen LogP contribution in [-0.2, 0) is 0 Å². The lowest BCUT2D eigenvalue weighted by Crippen LogP contribution is -1.83. The quantitative estimate of drug-likeness (QED) is 0.397. The summed E-state index contributed by atoms with van der Waals surface area (Å²) in [5.41, 5.74) is 0. The molecule has 0 aliphatic rings. The first-order valence-electron chi connectivity index (χ1n) is 2.19. The third-order valence-corrected chi connectivity index (χ3v) is 3.46. The summed E-state index contributed by atoms with van der Waals surface area (Å²) in [6, 6.07) is 1.46.